The largest absolute Gasteiger partial charge is 0.369 e. The predicted molar refractivity (Wildman–Crippen MR) is 117 cm³/mol. The molecular formula is C24H27N3O. The molecule has 4 rings (SSSR count). The van der Waals surface area contributed by atoms with E-state index in [4.69, 9.17) is 0 Å². The zero-order chi connectivity index (χ0) is 20.1. The molecule has 2 aromatic carbocycles. The standard InChI is InChI=1S/C24H27N3O/c1-16-15-24(3,4)26(5)22-12-11-18(13-20(16)22)14-21-17(2)25-27(23(21)28)19-9-7-6-8-10-19/h6-14,16H,15H2,1-5H3/b21-14-. The van der Waals surface area contributed by atoms with Gasteiger partial charge in [0.25, 0.3) is 5.91 Å². The highest BCUT2D eigenvalue weighted by Gasteiger charge is 2.34. The fourth-order valence-electron chi connectivity index (χ4n) is 4.28. The quantitative estimate of drug-likeness (QED) is 0.677. The number of fused-ring (bicyclic) bond motifs is 1. The van der Waals surface area contributed by atoms with Gasteiger partial charge in [0.05, 0.1) is 17.0 Å². The smallest absolute Gasteiger partial charge is 0.280 e. The van der Waals surface area contributed by atoms with Crippen molar-refractivity contribution in [2.45, 2.75) is 45.6 Å². The summed E-state index contributed by atoms with van der Waals surface area (Å²) in [6.07, 6.45) is 3.08. The molecule has 0 saturated carbocycles. The molecule has 0 fully saturated rings. The maximum Gasteiger partial charge on any atom is 0.280 e. The predicted octanol–water partition coefficient (Wildman–Crippen LogP) is 5.21. The van der Waals surface area contributed by atoms with Crippen LogP contribution in [0.1, 0.15) is 51.2 Å². The topological polar surface area (TPSA) is 35.9 Å². The molecule has 0 aromatic heterocycles. The van der Waals surface area contributed by atoms with Crippen LogP contribution in [0.5, 0.6) is 0 Å². The first-order valence-electron chi connectivity index (χ1n) is 9.82. The van der Waals surface area contributed by atoms with Crippen LogP contribution in [0.2, 0.25) is 0 Å². The lowest BCUT2D eigenvalue weighted by molar-refractivity contribution is -0.114. The summed E-state index contributed by atoms with van der Waals surface area (Å²) in [6.45, 7) is 8.76. The van der Waals surface area contributed by atoms with Crippen LogP contribution in [0.3, 0.4) is 0 Å². The third kappa shape index (κ3) is 3.03. The van der Waals surface area contributed by atoms with Crippen LogP contribution in [0.25, 0.3) is 6.08 Å². The average Bonchev–Trinajstić information content (AvgIpc) is 2.95. The van der Waals surface area contributed by atoms with E-state index in [-0.39, 0.29) is 11.4 Å². The number of hydrazone groups is 1. The van der Waals surface area contributed by atoms with Crippen molar-refractivity contribution in [2.24, 2.45) is 5.10 Å². The third-order valence-corrected chi connectivity index (χ3v) is 6.03. The molecule has 2 aromatic rings. The Hall–Kier alpha value is -2.88. The van der Waals surface area contributed by atoms with Crippen LogP contribution in [0, 0.1) is 0 Å². The summed E-state index contributed by atoms with van der Waals surface area (Å²) >= 11 is 0. The minimum atomic E-state index is -0.0762. The normalized spacial score (nSPS) is 22.5. The second kappa shape index (κ2) is 6.62. The van der Waals surface area contributed by atoms with Gasteiger partial charge in [0.2, 0.25) is 0 Å². The molecule has 28 heavy (non-hydrogen) atoms. The van der Waals surface area contributed by atoms with E-state index in [1.54, 1.807) is 0 Å². The zero-order valence-electron chi connectivity index (χ0n) is 17.2. The number of amides is 1. The van der Waals surface area contributed by atoms with Gasteiger partial charge >= 0.3 is 0 Å². The lowest BCUT2D eigenvalue weighted by Crippen LogP contribution is -2.45. The van der Waals surface area contributed by atoms with Crippen LogP contribution >= 0.6 is 0 Å². The van der Waals surface area contributed by atoms with Crippen LogP contribution in [-0.2, 0) is 4.79 Å². The molecule has 1 unspecified atom stereocenters. The number of carbonyl (C=O) groups excluding carboxylic acids is 1. The molecule has 2 aliphatic heterocycles. The minimum absolute atomic E-state index is 0.0762. The van der Waals surface area contributed by atoms with E-state index in [2.05, 4.69) is 56.0 Å². The van der Waals surface area contributed by atoms with Crippen LogP contribution < -0.4 is 9.91 Å². The lowest BCUT2D eigenvalue weighted by atomic mass is 9.80. The molecule has 0 spiro atoms. The SMILES string of the molecule is CC1=NN(c2ccccc2)C(=O)/C1=C\c1ccc2c(c1)C(C)CC(C)(C)N2C. The average molecular weight is 374 g/mol. The lowest BCUT2D eigenvalue weighted by Gasteiger charge is -2.45. The van der Waals surface area contributed by atoms with Crippen molar-refractivity contribution >= 4 is 29.1 Å². The Morgan fingerprint density at radius 2 is 1.86 bits per heavy atom. The molecule has 2 heterocycles. The Morgan fingerprint density at radius 3 is 2.57 bits per heavy atom. The summed E-state index contributed by atoms with van der Waals surface area (Å²) in [5.74, 6) is 0.405. The van der Waals surface area contributed by atoms with Gasteiger partial charge in [-0.2, -0.15) is 10.1 Å². The monoisotopic (exact) mass is 373 g/mol. The molecule has 1 amide bonds. The fourth-order valence-corrected chi connectivity index (χ4v) is 4.28. The van der Waals surface area contributed by atoms with Crippen LogP contribution in [0.4, 0.5) is 11.4 Å². The van der Waals surface area contributed by atoms with Crippen molar-refractivity contribution in [3.05, 3.63) is 65.2 Å². The number of hydrogen-bond donors (Lipinski definition) is 0. The van der Waals surface area contributed by atoms with Gasteiger partial charge in [-0.05, 0) is 74.6 Å². The van der Waals surface area contributed by atoms with E-state index >= 15 is 0 Å². The fraction of sp³-hybridized carbons (Fsp3) is 0.333. The maximum atomic E-state index is 12.9. The number of rotatable bonds is 2. The first kappa shape index (κ1) is 18.5. The molecule has 0 N–H and O–H groups in total. The first-order valence-corrected chi connectivity index (χ1v) is 9.82. The molecule has 1 atom stereocenters. The summed E-state index contributed by atoms with van der Waals surface area (Å²) in [7, 11) is 2.16. The summed E-state index contributed by atoms with van der Waals surface area (Å²) < 4.78 is 0. The first-order chi connectivity index (χ1) is 13.3. The maximum absolute atomic E-state index is 12.9. The molecule has 0 bridgehead atoms. The Labute approximate surface area is 167 Å². The zero-order valence-corrected chi connectivity index (χ0v) is 17.2. The number of carbonyl (C=O) groups is 1. The van der Waals surface area contributed by atoms with Crippen molar-refractivity contribution in [3.63, 3.8) is 0 Å². The number of benzene rings is 2. The van der Waals surface area contributed by atoms with Gasteiger partial charge in [-0.15, -0.1) is 0 Å². The molecule has 0 radical (unpaired) electrons. The van der Waals surface area contributed by atoms with Gasteiger partial charge in [-0.3, -0.25) is 4.79 Å². The number of hydrogen-bond acceptors (Lipinski definition) is 3. The molecule has 2 aliphatic rings. The Kier molecular flexibility index (Phi) is 4.37. The molecule has 0 aliphatic carbocycles. The van der Waals surface area contributed by atoms with Crippen LogP contribution in [-0.4, -0.2) is 24.2 Å². The van der Waals surface area contributed by atoms with Gasteiger partial charge in [0.15, 0.2) is 0 Å². The highest BCUT2D eigenvalue weighted by Crippen LogP contribution is 2.42. The third-order valence-electron chi connectivity index (χ3n) is 6.03. The van der Waals surface area contributed by atoms with Crippen molar-refractivity contribution < 1.29 is 4.79 Å². The van der Waals surface area contributed by atoms with Gasteiger partial charge < -0.3 is 4.90 Å². The summed E-state index contributed by atoms with van der Waals surface area (Å²) in [5.41, 5.74) is 6.01. The second-order valence-corrected chi connectivity index (χ2v) is 8.49. The molecular weight excluding hydrogens is 346 g/mol. The van der Waals surface area contributed by atoms with E-state index in [1.165, 1.54) is 16.3 Å². The summed E-state index contributed by atoms with van der Waals surface area (Å²) in [5, 5.41) is 5.96. The molecule has 4 nitrogen and oxygen atoms in total. The Balaban J connectivity index is 1.68. The van der Waals surface area contributed by atoms with E-state index in [9.17, 15) is 4.79 Å². The van der Waals surface area contributed by atoms with E-state index in [0.717, 1.165) is 23.4 Å². The van der Waals surface area contributed by atoms with Crippen molar-refractivity contribution in [2.75, 3.05) is 17.0 Å². The van der Waals surface area contributed by atoms with Gasteiger partial charge in [-0.1, -0.05) is 31.2 Å². The summed E-state index contributed by atoms with van der Waals surface area (Å²) in [4.78, 5) is 15.3. The number of para-hydroxylation sites is 1. The molecule has 0 saturated heterocycles. The van der Waals surface area contributed by atoms with Crippen LogP contribution in [0.15, 0.2) is 59.2 Å². The van der Waals surface area contributed by atoms with Crippen molar-refractivity contribution in [1.82, 2.24) is 0 Å². The van der Waals surface area contributed by atoms with E-state index in [1.807, 2.05) is 43.3 Å². The molecule has 4 heteroatoms. The van der Waals surface area contributed by atoms with Gasteiger partial charge in [0.1, 0.15) is 0 Å². The number of anilines is 2. The highest BCUT2D eigenvalue weighted by molar-refractivity contribution is 6.32. The minimum Gasteiger partial charge on any atom is -0.369 e. The highest BCUT2D eigenvalue weighted by atomic mass is 16.2. The van der Waals surface area contributed by atoms with Crippen molar-refractivity contribution in [1.29, 1.82) is 0 Å². The number of nitrogens with zero attached hydrogens (tertiary/aromatic N) is 3. The molecule has 144 valence electrons. The van der Waals surface area contributed by atoms with Gasteiger partial charge in [-0.25, -0.2) is 0 Å². The van der Waals surface area contributed by atoms with E-state index in [0.29, 0.717) is 11.5 Å². The van der Waals surface area contributed by atoms with E-state index < -0.39 is 0 Å². The Morgan fingerprint density at radius 1 is 1.14 bits per heavy atom. The Bertz CT molecular complexity index is 988. The summed E-state index contributed by atoms with van der Waals surface area (Å²) in [6, 6.07) is 16.1. The van der Waals surface area contributed by atoms with Crippen molar-refractivity contribution in [3.8, 4) is 0 Å². The van der Waals surface area contributed by atoms with Gasteiger partial charge in [0, 0.05) is 18.3 Å². The second-order valence-electron chi connectivity index (χ2n) is 8.49.